The summed E-state index contributed by atoms with van der Waals surface area (Å²) in [5, 5.41) is 6.97. The fraction of sp³-hybridized carbons (Fsp3) is 0.947. The van der Waals surface area contributed by atoms with Crippen molar-refractivity contribution in [2.24, 2.45) is 10.9 Å². The number of hydrogen-bond donors (Lipinski definition) is 2. The minimum absolute atomic E-state index is 0. The normalized spacial score (nSPS) is 17.5. The van der Waals surface area contributed by atoms with Gasteiger partial charge in [-0.2, -0.15) is 0 Å². The zero-order chi connectivity index (χ0) is 17.8. The molecule has 0 aliphatic carbocycles. The van der Waals surface area contributed by atoms with Crippen LogP contribution in [0.5, 0.6) is 0 Å². The molecule has 1 rings (SSSR count). The van der Waals surface area contributed by atoms with Gasteiger partial charge in [0.05, 0.1) is 0 Å². The van der Waals surface area contributed by atoms with E-state index in [2.05, 4.69) is 48.5 Å². The maximum Gasteiger partial charge on any atom is 0.191 e. The standard InChI is InChI=1S/C19H40N4O.HI/c1-17(2)10-8-6-7-9-13-21-18(20-3)22-16-19(23(4)5)11-14-24-15-12-19;/h17H,6-16H2,1-5H3,(H2,20,21,22);1H. The Morgan fingerprint density at radius 3 is 2.28 bits per heavy atom. The Bertz CT molecular complexity index is 355. The van der Waals surface area contributed by atoms with Crippen molar-refractivity contribution < 1.29 is 4.74 Å². The molecule has 0 bridgehead atoms. The topological polar surface area (TPSA) is 48.9 Å². The van der Waals surface area contributed by atoms with Crippen LogP contribution in [-0.2, 0) is 4.74 Å². The van der Waals surface area contributed by atoms with E-state index in [-0.39, 0.29) is 29.5 Å². The smallest absolute Gasteiger partial charge is 0.191 e. The van der Waals surface area contributed by atoms with E-state index >= 15 is 0 Å². The van der Waals surface area contributed by atoms with Crippen molar-refractivity contribution in [3.05, 3.63) is 0 Å². The van der Waals surface area contributed by atoms with Gasteiger partial charge in [-0.3, -0.25) is 4.99 Å². The lowest BCUT2D eigenvalue weighted by Crippen LogP contribution is -2.57. The van der Waals surface area contributed by atoms with E-state index in [0.717, 1.165) is 51.0 Å². The summed E-state index contributed by atoms with van der Waals surface area (Å²) < 4.78 is 5.53. The van der Waals surface area contributed by atoms with Crippen LogP contribution in [0.15, 0.2) is 4.99 Å². The Morgan fingerprint density at radius 1 is 1.08 bits per heavy atom. The first kappa shape index (κ1) is 24.9. The molecule has 0 amide bonds. The first-order chi connectivity index (χ1) is 11.5. The van der Waals surface area contributed by atoms with Crippen LogP contribution in [0.4, 0.5) is 0 Å². The number of rotatable bonds is 10. The second-order valence-electron chi connectivity index (χ2n) is 7.68. The van der Waals surface area contributed by atoms with Crippen LogP contribution in [0.1, 0.15) is 58.8 Å². The van der Waals surface area contributed by atoms with Crippen LogP contribution in [0, 0.1) is 5.92 Å². The van der Waals surface area contributed by atoms with Gasteiger partial charge in [-0.15, -0.1) is 24.0 Å². The number of hydrogen-bond acceptors (Lipinski definition) is 3. The van der Waals surface area contributed by atoms with E-state index < -0.39 is 0 Å². The molecule has 0 aromatic rings. The molecule has 1 aliphatic rings. The summed E-state index contributed by atoms with van der Waals surface area (Å²) in [6, 6.07) is 0. The van der Waals surface area contributed by atoms with Crippen molar-refractivity contribution in [1.29, 1.82) is 0 Å². The maximum absolute atomic E-state index is 5.53. The lowest BCUT2D eigenvalue weighted by atomic mass is 9.88. The molecule has 0 unspecified atom stereocenters. The van der Waals surface area contributed by atoms with Crippen LogP contribution >= 0.6 is 24.0 Å². The Balaban J connectivity index is 0.00000576. The third kappa shape index (κ3) is 9.99. The van der Waals surface area contributed by atoms with Gasteiger partial charge in [0.15, 0.2) is 5.96 Å². The Kier molecular flexibility index (Phi) is 14.0. The van der Waals surface area contributed by atoms with Crippen molar-refractivity contribution in [2.75, 3.05) is 47.4 Å². The van der Waals surface area contributed by atoms with Gasteiger partial charge in [0.2, 0.25) is 0 Å². The van der Waals surface area contributed by atoms with E-state index in [1.807, 2.05) is 7.05 Å². The fourth-order valence-corrected chi connectivity index (χ4v) is 3.24. The molecule has 5 nitrogen and oxygen atoms in total. The number of nitrogens with one attached hydrogen (secondary N) is 2. The molecule has 0 radical (unpaired) electrons. The van der Waals surface area contributed by atoms with Gasteiger partial charge < -0.3 is 20.3 Å². The molecule has 0 atom stereocenters. The summed E-state index contributed by atoms with van der Waals surface area (Å²) in [5.41, 5.74) is 0.173. The number of halogens is 1. The molecule has 0 saturated carbocycles. The molecule has 0 aromatic carbocycles. The van der Waals surface area contributed by atoms with Gasteiger partial charge in [-0.1, -0.05) is 39.5 Å². The number of guanidine groups is 1. The van der Waals surface area contributed by atoms with Crippen LogP contribution < -0.4 is 10.6 Å². The van der Waals surface area contributed by atoms with Gasteiger partial charge in [0, 0.05) is 38.9 Å². The second-order valence-corrected chi connectivity index (χ2v) is 7.68. The molecular formula is C19H41IN4O. The zero-order valence-corrected chi connectivity index (χ0v) is 19.4. The van der Waals surface area contributed by atoms with Gasteiger partial charge in [0.1, 0.15) is 0 Å². The highest BCUT2D eigenvalue weighted by Gasteiger charge is 2.34. The summed E-state index contributed by atoms with van der Waals surface area (Å²) in [6.07, 6.45) is 8.71. The predicted octanol–water partition coefficient (Wildman–Crippen LogP) is 3.49. The highest BCUT2D eigenvalue weighted by atomic mass is 127. The van der Waals surface area contributed by atoms with E-state index in [1.165, 1.54) is 32.1 Å². The Labute approximate surface area is 172 Å². The average molecular weight is 468 g/mol. The molecule has 1 aliphatic heterocycles. The number of nitrogens with zero attached hydrogens (tertiary/aromatic N) is 2. The third-order valence-corrected chi connectivity index (χ3v) is 5.18. The molecule has 0 aromatic heterocycles. The molecule has 1 fully saturated rings. The second kappa shape index (κ2) is 14.0. The molecule has 150 valence electrons. The predicted molar refractivity (Wildman–Crippen MR) is 119 cm³/mol. The first-order valence-electron chi connectivity index (χ1n) is 9.70. The third-order valence-electron chi connectivity index (χ3n) is 5.18. The number of unbranched alkanes of at least 4 members (excludes halogenated alkanes) is 3. The van der Waals surface area contributed by atoms with Crippen molar-refractivity contribution in [2.45, 2.75) is 64.3 Å². The van der Waals surface area contributed by atoms with Crippen molar-refractivity contribution in [3.63, 3.8) is 0 Å². The fourth-order valence-electron chi connectivity index (χ4n) is 3.24. The summed E-state index contributed by atoms with van der Waals surface area (Å²) in [7, 11) is 6.19. The SMILES string of the molecule is CN=C(NCCCCCCC(C)C)NCC1(N(C)C)CCOCC1.I. The van der Waals surface area contributed by atoms with Gasteiger partial charge in [-0.05, 0) is 39.3 Å². The van der Waals surface area contributed by atoms with Gasteiger partial charge >= 0.3 is 0 Å². The van der Waals surface area contributed by atoms with Gasteiger partial charge in [-0.25, -0.2) is 0 Å². The largest absolute Gasteiger partial charge is 0.381 e. The van der Waals surface area contributed by atoms with Crippen molar-refractivity contribution in [1.82, 2.24) is 15.5 Å². The minimum atomic E-state index is 0. The average Bonchev–Trinajstić information content (AvgIpc) is 2.57. The number of ether oxygens (including phenoxy) is 1. The van der Waals surface area contributed by atoms with Crippen LogP contribution in [-0.4, -0.2) is 63.8 Å². The van der Waals surface area contributed by atoms with E-state index in [9.17, 15) is 0 Å². The monoisotopic (exact) mass is 468 g/mol. The Morgan fingerprint density at radius 2 is 1.72 bits per heavy atom. The summed E-state index contributed by atoms with van der Waals surface area (Å²) >= 11 is 0. The maximum atomic E-state index is 5.53. The molecule has 1 saturated heterocycles. The molecule has 0 spiro atoms. The van der Waals surface area contributed by atoms with Crippen LogP contribution in [0.25, 0.3) is 0 Å². The first-order valence-corrected chi connectivity index (χ1v) is 9.70. The molecule has 1 heterocycles. The lowest BCUT2D eigenvalue weighted by molar-refractivity contribution is -0.00501. The van der Waals surface area contributed by atoms with Crippen LogP contribution in [0.2, 0.25) is 0 Å². The molecule has 6 heteroatoms. The highest BCUT2D eigenvalue weighted by Crippen LogP contribution is 2.24. The summed E-state index contributed by atoms with van der Waals surface area (Å²) in [5.74, 6) is 1.75. The lowest BCUT2D eigenvalue weighted by Gasteiger charge is -2.43. The number of likely N-dealkylation sites (N-methyl/N-ethyl adjacent to an activating group) is 1. The van der Waals surface area contributed by atoms with Crippen molar-refractivity contribution in [3.8, 4) is 0 Å². The number of aliphatic imine (C=N–C) groups is 1. The molecule has 25 heavy (non-hydrogen) atoms. The van der Waals surface area contributed by atoms with Crippen LogP contribution in [0.3, 0.4) is 0 Å². The molecular weight excluding hydrogens is 427 g/mol. The minimum Gasteiger partial charge on any atom is -0.381 e. The van der Waals surface area contributed by atoms with Crippen molar-refractivity contribution >= 4 is 29.9 Å². The van der Waals surface area contributed by atoms with E-state index in [1.54, 1.807) is 0 Å². The van der Waals surface area contributed by atoms with Gasteiger partial charge in [0.25, 0.3) is 0 Å². The summed E-state index contributed by atoms with van der Waals surface area (Å²) in [6.45, 7) is 8.22. The Hall–Kier alpha value is -0.0800. The summed E-state index contributed by atoms with van der Waals surface area (Å²) in [4.78, 5) is 6.70. The van der Waals surface area contributed by atoms with E-state index in [0.29, 0.717) is 0 Å². The highest BCUT2D eigenvalue weighted by molar-refractivity contribution is 14.0. The molecule has 2 N–H and O–H groups in total. The quantitative estimate of drug-likeness (QED) is 0.223. The zero-order valence-electron chi connectivity index (χ0n) is 17.1. The van der Waals surface area contributed by atoms with E-state index in [4.69, 9.17) is 4.74 Å².